The molecule has 0 aliphatic carbocycles. The molecule has 0 aliphatic rings. The second kappa shape index (κ2) is 4.88. The lowest BCUT2D eigenvalue weighted by Crippen LogP contribution is -2.13. The summed E-state index contributed by atoms with van der Waals surface area (Å²) in [5.41, 5.74) is 8.53. The van der Waals surface area contributed by atoms with Crippen LogP contribution in [0.5, 0.6) is 0 Å². The molecular formula is C15H14N2S. The first kappa shape index (κ1) is 11.4. The molecule has 3 aromatic rings. The first-order valence-electron chi connectivity index (χ1n) is 5.96. The quantitative estimate of drug-likeness (QED) is 0.778. The maximum absolute atomic E-state index is 5.97. The lowest BCUT2D eigenvalue weighted by molar-refractivity contribution is 0.826. The molecule has 0 saturated heterocycles. The molecule has 2 heterocycles. The van der Waals surface area contributed by atoms with Crippen molar-refractivity contribution in [1.82, 2.24) is 4.98 Å². The lowest BCUT2D eigenvalue weighted by atomic mass is 9.92. The van der Waals surface area contributed by atoms with E-state index in [2.05, 4.69) is 34.6 Å². The second-order valence-electron chi connectivity index (χ2n) is 4.26. The van der Waals surface area contributed by atoms with E-state index in [-0.39, 0.29) is 5.92 Å². The molecule has 0 radical (unpaired) electrons. The minimum absolute atomic E-state index is 0.254. The highest BCUT2D eigenvalue weighted by Crippen LogP contribution is 2.34. The van der Waals surface area contributed by atoms with E-state index >= 15 is 0 Å². The molecule has 0 spiro atoms. The molecule has 0 aliphatic heterocycles. The van der Waals surface area contributed by atoms with E-state index in [9.17, 15) is 0 Å². The molecule has 1 unspecified atom stereocenters. The third kappa shape index (κ3) is 1.92. The predicted molar refractivity (Wildman–Crippen MR) is 77.0 cm³/mol. The largest absolute Gasteiger partial charge is 0.330 e. The van der Waals surface area contributed by atoms with E-state index in [0.717, 1.165) is 0 Å². The standard InChI is InChI=1S/C15H14N2S/c16-9-13(11-5-7-17-8-6-11)14-10-18-15-4-2-1-3-12(14)15/h1-8,10,13H,9,16H2. The minimum Gasteiger partial charge on any atom is -0.330 e. The Morgan fingerprint density at radius 2 is 1.89 bits per heavy atom. The van der Waals surface area contributed by atoms with Gasteiger partial charge in [-0.3, -0.25) is 4.98 Å². The molecule has 0 amide bonds. The molecule has 3 rings (SSSR count). The minimum atomic E-state index is 0.254. The summed E-state index contributed by atoms with van der Waals surface area (Å²) in [6, 6.07) is 12.6. The van der Waals surface area contributed by atoms with Gasteiger partial charge < -0.3 is 5.73 Å². The van der Waals surface area contributed by atoms with Crippen LogP contribution in [-0.4, -0.2) is 11.5 Å². The molecule has 3 heteroatoms. The van der Waals surface area contributed by atoms with Crippen LogP contribution in [0.15, 0.2) is 54.2 Å². The van der Waals surface area contributed by atoms with Crippen LogP contribution in [0, 0.1) is 0 Å². The van der Waals surface area contributed by atoms with Crippen LogP contribution in [0.25, 0.3) is 10.1 Å². The summed E-state index contributed by atoms with van der Waals surface area (Å²) in [7, 11) is 0. The van der Waals surface area contributed by atoms with E-state index in [1.165, 1.54) is 21.2 Å². The van der Waals surface area contributed by atoms with Gasteiger partial charge in [0.25, 0.3) is 0 Å². The Bertz CT molecular complexity index is 646. The Kier molecular flexibility index (Phi) is 3.09. The summed E-state index contributed by atoms with van der Waals surface area (Å²) in [4.78, 5) is 4.07. The van der Waals surface area contributed by atoms with Crippen molar-refractivity contribution >= 4 is 21.4 Å². The van der Waals surface area contributed by atoms with Gasteiger partial charge in [-0.1, -0.05) is 18.2 Å². The van der Waals surface area contributed by atoms with E-state index in [0.29, 0.717) is 6.54 Å². The van der Waals surface area contributed by atoms with Crippen LogP contribution in [0.1, 0.15) is 17.0 Å². The summed E-state index contributed by atoms with van der Waals surface area (Å²) < 4.78 is 1.32. The Morgan fingerprint density at radius 1 is 1.11 bits per heavy atom. The summed E-state index contributed by atoms with van der Waals surface area (Å²) in [5, 5.41) is 3.54. The Labute approximate surface area is 110 Å². The van der Waals surface area contributed by atoms with Gasteiger partial charge in [-0.05, 0) is 40.1 Å². The van der Waals surface area contributed by atoms with Gasteiger partial charge in [0.1, 0.15) is 0 Å². The van der Waals surface area contributed by atoms with Gasteiger partial charge >= 0.3 is 0 Å². The molecule has 0 fully saturated rings. The average molecular weight is 254 g/mol. The number of aromatic nitrogens is 1. The molecule has 90 valence electrons. The first-order valence-corrected chi connectivity index (χ1v) is 6.84. The van der Waals surface area contributed by atoms with Crippen molar-refractivity contribution < 1.29 is 0 Å². The Balaban J connectivity index is 2.12. The van der Waals surface area contributed by atoms with Gasteiger partial charge in [0.2, 0.25) is 0 Å². The Morgan fingerprint density at radius 3 is 2.67 bits per heavy atom. The number of rotatable bonds is 3. The van der Waals surface area contributed by atoms with Gasteiger partial charge in [0.05, 0.1) is 0 Å². The van der Waals surface area contributed by atoms with Crippen LogP contribution in [0.3, 0.4) is 0 Å². The van der Waals surface area contributed by atoms with Crippen molar-refractivity contribution in [2.24, 2.45) is 5.73 Å². The van der Waals surface area contributed by atoms with Crippen molar-refractivity contribution in [3.05, 3.63) is 65.3 Å². The summed E-state index contributed by atoms with van der Waals surface area (Å²) in [6.45, 7) is 0.616. The molecule has 1 aromatic carbocycles. The zero-order chi connectivity index (χ0) is 12.4. The van der Waals surface area contributed by atoms with Crippen molar-refractivity contribution in [2.45, 2.75) is 5.92 Å². The summed E-state index contributed by atoms with van der Waals surface area (Å²) >= 11 is 1.78. The molecular weight excluding hydrogens is 240 g/mol. The van der Waals surface area contributed by atoms with Crippen molar-refractivity contribution in [1.29, 1.82) is 0 Å². The number of thiophene rings is 1. The molecule has 18 heavy (non-hydrogen) atoms. The molecule has 2 nitrogen and oxygen atoms in total. The summed E-state index contributed by atoms with van der Waals surface area (Å²) in [6.07, 6.45) is 3.65. The lowest BCUT2D eigenvalue weighted by Gasteiger charge is -2.14. The van der Waals surface area contributed by atoms with Crippen LogP contribution >= 0.6 is 11.3 Å². The number of fused-ring (bicyclic) bond motifs is 1. The van der Waals surface area contributed by atoms with Crippen molar-refractivity contribution in [2.75, 3.05) is 6.54 Å². The number of benzene rings is 1. The zero-order valence-electron chi connectivity index (χ0n) is 9.91. The molecule has 0 bridgehead atoms. The van der Waals surface area contributed by atoms with Gasteiger partial charge in [-0.2, -0.15) is 0 Å². The molecule has 0 saturated carbocycles. The molecule has 2 N–H and O–H groups in total. The van der Waals surface area contributed by atoms with Crippen LogP contribution in [0.4, 0.5) is 0 Å². The highest BCUT2D eigenvalue weighted by molar-refractivity contribution is 7.17. The Hall–Kier alpha value is -1.71. The third-order valence-electron chi connectivity index (χ3n) is 3.23. The van der Waals surface area contributed by atoms with Gasteiger partial charge in [-0.25, -0.2) is 0 Å². The van der Waals surface area contributed by atoms with E-state index in [1.54, 1.807) is 11.3 Å². The predicted octanol–water partition coefficient (Wildman–Crippen LogP) is 3.39. The molecule has 2 aromatic heterocycles. The number of pyridine rings is 1. The second-order valence-corrected chi connectivity index (χ2v) is 5.17. The van der Waals surface area contributed by atoms with Gasteiger partial charge in [0, 0.05) is 29.6 Å². The highest BCUT2D eigenvalue weighted by Gasteiger charge is 2.16. The maximum Gasteiger partial charge on any atom is 0.0345 e. The van der Waals surface area contributed by atoms with Crippen LogP contribution in [-0.2, 0) is 0 Å². The van der Waals surface area contributed by atoms with Crippen molar-refractivity contribution in [3.8, 4) is 0 Å². The fourth-order valence-corrected chi connectivity index (χ4v) is 3.32. The normalized spacial score (nSPS) is 12.7. The smallest absolute Gasteiger partial charge is 0.0345 e. The number of nitrogens with two attached hydrogens (primary N) is 1. The zero-order valence-corrected chi connectivity index (χ0v) is 10.7. The number of hydrogen-bond donors (Lipinski definition) is 1. The first-order chi connectivity index (χ1) is 8.90. The SMILES string of the molecule is NCC(c1ccncc1)c1csc2ccccc12. The van der Waals surface area contributed by atoms with Crippen LogP contribution in [0.2, 0.25) is 0 Å². The van der Waals surface area contributed by atoms with Gasteiger partial charge in [0.15, 0.2) is 0 Å². The van der Waals surface area contributed by atoms with Crippen LogP contribution < -0.4 is 5.73 Å². The maximum atomic E-state index is 5.97. The topological polar surface area (TPSA) is 38.9 Å². The van der Waals surface area contributed by atoms with Gasteiger partial charge in [-0.15, -0.1) is 11.3 Å². The average Bonchev–Trinajstić information content (AvgIpc) is 2.85. The third-order valence-corrected chi connectivity index (χ3v) is 4.21. The van der Waals surface area contributed by atoms with Crippen molar-refractivity contribution in [3.63, 3.8) is 0 Å². The molecule has 1 atom stereocenters. The van der Waals surface area contributed by atoms with E-state index in [4.69, 9.17) is 5.73 Å². The summed E-state index contributed by atoms with van der Waals surface area (Å²) in [5.74, 6) is 0.254. The monoisotopic (exact) mass is 254 g/mol. The number of hydrogen-bond acceptors (Lipinski definition) is 3. The number of nitrogens with zero attached hydrogens (tertiary/aromatic N) is 1. The fourth-order valence-electron chi connectivity index (χ4n) is 2.31. The highest BCUT2D eigenvalue weighted by atomic mass is 32.1. The van der Waals surface area contributed by atoms with E-state index < -0.39 is 0 Å². The fraction of sp³-hybridized carbons (Fsp3) is 0.133. The van der Waals surface area contributed by atoms with E-state index in [1.807, 2.05) is 24.5 Å².